The monoisotopic (exact) mass is 472 g/mol. The lowest BCUT2D eigenvalue weighted by Crippen LogP contribution is -2.35. The molecule has 2 aromatic rings. The second kappa shape index (κ2) is 11.8. The molecule has 0 aliphatic heterocycles. The van der Waals surface area contributed by atoms with Crippen LogP contribution in [0.5, 0.6) is 5.75 Å². The van der Waals surface area contributed by atoms with Gasteiger partial charge < -0.3 is 20.7 Å². The minimum absolute atomic E-state index is 0.0190. The van der Waals surface area contributed by atoms with Gasteiger partial charge in [0.25, 0.3) is 0 Å². The number of amides is 2. The van der Waals surface area contributed by atoms with Gasteiger partial charge in [-0.25, -0.2) is 9.18 Å². The Morgan fingerprint density at radius 3 is 2.48 bits per heavy atom. The summed E-state index contributed by atoms with van der Waals surface area (Å²) in [6.45, 7) is 4.28. The third-order valence-electron chi connectivity index (χ3n) is 5.92. The van der Waals surface area contributed by atoms with Crippen LogP contribution in [0.2, 0.25) is 5.02 Å². The molecule has 3 N–H and O–H groups in total. The summed E-state index contributed by atoms with van der Waals surface area (Å²) < 4.78 is 19.5. The molecule has 0 saturated heterocycles. The molecule has 176 valence electrons. The number of rotatable bonds is 8. The van der Waals surface area contributed by atoms with Crippen molar-refractivity contribution in [3.05, 3.63) is 47.2 Å². The van der Waals surface area contributed by atoms with Gasteiger partial charge in [0.1, 0.15) is 17.6 Å². The van der Waals surface area contributed by atoms with E-state index in [1.54, 1.807) is 12.1 Å². The Morgan fingerprint density at radius 2 is 1.82 bits per heavy atom. The van der Waals surface area contributed by atoms with Gasteiger partial charge in [-0.3, -0.25) is 0 Å². The van der Waals surface area contributed by atoms with Gasteiger partial charge >= 0.3 is 6.03 Å². The summed E-state index contributed by atoms with van der Waals surface area (Å²) in [6.07, 6.45) is 6.10. The zero-order chi connectivity index (χ0) is 23.8. The summed E-state index contributed by atoms with van der Waals surface area (Å²) in [5.41, 5.74) is 1.25. The second-order valence-corrected chi connectivity index (χ2v) is 9.11. The molecule has 1 fully saturated rings. The number of nitrogens with one attached hydrogen (secondary N) is 3. The smallest absolute Gasteiger partial charge is 0.323 e. The van der Waals surface area contributed by atoms with Crippen LogP contribution in [0.4, 0.5) is 26.2 Å². The van der Waals surface area contributed by atoms with Crippen molar-refractivity contribution in [1.29, 1.82) is 5.26 Å². The molecule has 0 spiro atoms. The van der Waals surface area contributed by atoms with Crippen molar-refractivity contribution in [2.45, 2.75) is 52.0 Å². The van der Waals surface area contributed by atoms with Crippen LogP contribution in [0.1, 0.15) is 46.0 Å². The SMILES string of the molecule is CC(C)C(Nc1ccc(OCC#N)cc1NC(=O)Nc1ccc(Cl)cc1F)C1CCCCC1. The molecule has 8 heteroatoms. The number of nitrogens with zero attached hydrogens (tertiary/aromatic N) is 1. The highest BCUT2D eigenvalue weighted by Crippen LogP contribution is 2.35. The third-order valence-corrected chi connectivity index (χ3v) is 6.16. The van der Waals surface area contributed by atoms with Crippen LogP contribution in [-0.2, 0) is 0 Å². The van der Waals surface area contributed by atoms with E-state index in [9.17, 15) is 9.18 Å². The lowest BCUT2D eigenvalue weighted by atomic mass is 9.79. The van der Waals surface area contributed by atoms with Crippen LogP contribution in [0.3, 0.4) is 0 Å². The highest BCUT2D eigenvalue weighted by molar-refractivity contribution is 6.30. The Labute approximate surface area is 199 Å². The Balaban J connectivity index is 1.82. The van der Waals surface area contributed by atoms with Crippen molar-refractivity contribution in [1.82, 2.24) is 0 Å². The summed E-state index contributed by atoms with van der Waals surface area (Å²) in [4.78, 5) is 12.7. The highest BCUT2D eigenvalue weighted by atomic mass is 35.5. The number of ether oxygens (including phenoxy) is 1. The number of benzene rings is 2. The molecule has 1 unspecified atom stereocenters. The second-order valence-electron chi connectivity index (χ2n) is 8.67. The normalized spacial score (nSPS) is 14.9. The number of hydrogen-bond acceptors (Lipinski definition) is 4. The van der Waals surface area contributed by atoms with E-state index in [1.165, 1.54) is 44.2 Å². The zero-order valence-corrected chi connectivity index (χ0v) is 19.7. The molecule has 1 saturated carbocycles. The first-order valence-corrected chi connectivity index (χ1v) is 11.7. The molecular formula is C25H30ClFN4O2. The molecule has 1 aliphatic rings. The number of carbonyl (C=O) groups is 1. The average Bonchev–Trinajstić information content (AvgIpc) is 2.79. The first kappa shape index (κ1) is 24.7. The fraction of sp³-hybridized carbons (Fsp3) is 0.440. The quantitative estimate of drug-likeness (QED) is 0.384. The van der Waals surface area contributed by atoms with E-state index in [0.29, 0.717) is 23.3 Å². The minimum Gasteiger partial charge on any atom is -0.479 e. The molecule has 2 aromatic carbocycles. The van der Waals surface area contributed by atoms with Gasteiger partial charge in [0.05, 0.1) is 17.1 Å². The molecule has 6 nitrogen and oxygen atoms in total. The summed E-state index contributed by atoms with van der Waals surface area (Å²) in [5.74, 6) is 0.777. The standard InChI is InChI=1S/C25H30ClFN4O2/c1-16(2)24(17-6-4-3-5-7-17)29-22-11-9-19(33-13-12-28)15-23(22)31-25(32)30-21-10-8-18(26)14-20(21)27/h8-11,14-17,24,29H,3-7,13H2,1-2H3,(H2,30,31,32). The van der Waals surface area contributed by atoms with Gasteiger partial charge in [-0.05, 0) is 55.0 Å². The van der Waals surface area contributed by atoms with Gasteiger partial charge in [0.2, 0.25) is 0 Å². The Bertz CT molecular complexity index is 1000. The van der Waals surface area contributed by atoms with Crippen LogP contribution < -0.4 is 20.7 Å². The van der Waals surface area contributed by atoms with Crippen molar-refractivity contribution >= 4 is 34.7 Å². The first-order chi connectivity index (χ1) is 15.9. The van der Waals surface area contributed by atoms with Gasteiger partial charge in [-0.15, -0.1) is 0 Å². The van der Waals surface area contributed by atoms with E-state index in [4.69, 9.17) is 21.6 Å². The van der Waals surface area contributed by atoms with Crippen LogP contribution >= 0.6 is 11.6 Å². The van der Waals surface area contributed by atoms with E-state index < -0.39 is 11.8 Å². The van der Waals surface area contributed by atoms with Crippen molar-refractivity contribution in [3.8, 4) is 11.8 Å². The molecule has 0 bridgehead atoms. The highest BCUT2D eigenvalue weighted by Gasteiger charge is 2.27. The Morgan fingerprint density at radius 1 is 1.12 bits per heavy atom. The molecular weight excluding hydrogens is 443 g/mol. The number of urea groups is 1. The number of carbonyl (C=O) groups excluding carboxylic acids is 1. The van der Waals surface area contributed by atoms with Gasteiger partial charge in [0, 0.05) is 17.1 Å². The largest absolute Gasteiger partial charge is 0.479 e. The van der Waals surface area contributed by atoms with E-state index in [2.05, 4.69) is 29.8 Å². The maximum Gasteiger partial charge on any atom is 0.323 e. The molecule has 2 amide bonds. The van der Waals surface area contributed by atoms with Crippen molar-refractivity contribution in [2.24, 2.45) is 11.8 Å². The van der Waals surface area contributed by atoms with Crippen LogP contribution in [0, 0.1) is 29.0 Å². The lowest BCUT2D eigenvalue weighted by Gasteiger charge is -2.35. The van der Waals surface area contributed by atoms with Crippen LogP contribution in [-0.4, -0.2) is 18.7 Å². The van der Waals surface area contributed by atoms with Gasteiger partial charge in [0.15, 0.2) is 6.61 Å². The summed E-state index contributed by atoms with van der Waals surface area (Å²) >= 11 is 5.79. The lowest BCUT2D eigenvalue weighted by molar-refractivity contribution is 0.262. The van der Waals surface area contributed by atoms with Crippen molar-refractivity contribution in [2.75, 3.05) is 22.6 Å². The molecule has 0 heterocycles. The topological polar surface area (TPSA) is 86.2 Å². The van der Waals surface area contributed by atoms with Gasteiger partial charge in [-0.1, -0.05) is 44.7 Å². The van der Waals surface area contributed by atoms with Crippen LogP contribution in [0.25, 0.3) is 0 Å². The van der Waals surface area contributed by atoms with E-state index >= 15 is 0 Å². The Kier molecular flexibility index (Phi) is 8.79. The molecule has 0 aromatic heterocycles. The predicted octanol–water partition coefficient (Wildman–Crippen LogP) is 7.04. The minimum atomic E-state index is -0.626. The predicted molar refractivity (Wildman–Crippen MR) is 130 cm³/mol. The average molecular weight is 473 g/mol. The molecule has 33 heavy (non-hydrogen) atoms. The number of halogens is 2. The maximum absolute atomic E-state index is 14.1. The zero-order valence-electron chi connectivity index (χ0n) is 19.0. The summed E-state index contributed by atoms with van der Waals surface area (Å²) in [5, 5.41) is 18.0. The summed E-state index contributed by atoms with van der Waals surface area (Å²) in [6, 6.07) is 10.9. The van der Waals surface area contributed by atoms with E-state index in [-0.39, 0.29) is 23.4 Å². The van der Waals surface area contributed by atoms with Crippen molar-refractivity contribution < 1.29 is 13.9 Å². The number of nitriles is 1. The van der Waals surface area contributed by atoms with E-state index in [1.807, 2.05) is 12.1 Å². The van der Waals surface area contributed by atoms with Crippen molar-refractivity contribution in [3.63, 3.8) is 0 Å². The molecule has 3 rings (SSSR count). The first-order valence-electron chi connectivity index (χ1n) is 11.3. The summed E-state index contributed by atoms with van der Waals surface area (Å²) in [7, 11) is 0. The molecule has 0 radical (unpaired) electrons. The number of anilines is 3. The third kappa shape index (κ3) is 7.00. The Hall–Kier alpha value is -2.98. The van der Waals surface area contributed by atoms with Gasteiger partial charge in [-0.2, -0.15) is 5.26 Å². The molecule has 1 aliphatic carbocycles. The molecule has 1 atom stereocenters. The fourth-order valence-electron chi connectivity index (χ4n) is 4.33. The fourth-order valence-corrected chi connectivity index (χ4v) is 4.49. The maximum atomic E-state index is 14.1. The number of hydrogen-bond donors (Lipinski definition) is 3. The van der Waals surface area contributed by atoms with E-state index in [0.717, 1.165) is 11.8 Å². The van der Waals surface area contributed by atoms with Crippen LogP contribution in [0.15, 0.2) is 36.4 Å².